The lowest BCUT2D eigenvalue weighted by atomic mass is 10.0. The van der Waals surface area contributed by atoms with Crippen LogP contribution < -0.4 is 5.32 Å². The fraction of sp³-hybridized carbons (Fsp3) is 0.643. The van der Waals surface area contributed by atoms with Crippen molar-refractivity contribution < 1.29 is 9.26 Å². The van der Waals surface area contributed by atoms with E-state index < -0.39 is 0 Å². The minimum absolute atomic E-state index is 0.148. The number of nitrogens with one attached hydrogen (secondary N) is 1. The summed E-state index contributed by atoms with van der Waals surface area (Å²) in [7, 11) is 0. The first-order chi connectivity index (χ1) is 10.3. The van der Waals surface area contributed by atoms with Crippen LogP contribution in [0.4, 0.5) is 0 Å². The van der Waals surface area contributed by atoms with E-state index in [-0.39, 0.29) is 12.0 Å². The number of nitrogens with zero attached hydrogens (tertiary/aromatic N) is 3. The number of aromatic nitrogens is 3. The van der Waals surface area contributed by atoms with E-state index in [2.05, 4.69) is 27.4 Å². The summed E-state index contributed by atoms with van der Waals surface area (Å²) in [5.74, 6) is 1.51. The van der Waals surface area contributed by atoms with Crippen molar-refractivity contribution in [1.29, 1.82) is 0 Å². The summed E-state index contributed by atoms with van der Waals surface area (Å²) >= 11 is 1.64. The van der Waals surface area contributed by atoms with Crippen LogP contribution in [0.15, 0.2) is 9.90 Å². The minimum atomic E-state index is 0.148. The molecule has 1 fully saturated rings. The van der Waals surface area contributed by atoms with Gasteiger partial charge in [0.1, 0.15) is 0 Å². The molecule has 114 valence electrons. The van der Waals surface area contributed by atoms with Crippen LogP contribution >= 0.6 is 11.3 Å². The van der Waals surface area contributed by atoms with Crippen molar-refractivity contribution in [2.45, 2.75) is 38.6 Å². The summed E-state index contributed by atoms with van der Waals surface area (Å²) in [5.41, 5.74) is 0.994. The number of aryl methyl sites for hydroxylation is 1. The normalized spacial score (nSPS) is 22.0. The average Bonchev–Trinajstić information content (AvgIpc) is 3.18. The molecule has 0 spiro atoms. The molecule has 0 aromatic carbocycles. The van der Waals surface area contributed by atoms with E-state index in [9.17, 15) is 0 Å². The molecule has 21 heavy (non-hydrogen) atoms. The Kier molecular flexibility index (Phi) is 4.62. The number of hydrogen-bond donors (Lipinski definition) is 1. The van der Waals surface area contributed by atoms with Gasteiger partial charge in [0.2, 0.25) is 5.89 Å². The van der Waals surface area contributed by atoms with Gasteiger partial charge in [-0.15, -0.1) is 11.3 Å². The topological polar surface area (TPSA) is 73.1 Å². The molecule has 3 rings (SSSR count). The highest BCUT2D eigenvalue weighted by molar-refractivity contribution is 7.09. The van der Waals surface area contributed by atoms with Gasteiger partial charge < -0.3 is 14.6 Å². The maximum Gasteiger partial charge on any atom is 0.233 e. The van der Waals surface area contributed by atoms with Crippen molar-refractivity contribution in [2.75, 3.05) is 19.8 Å². The van der Waals surface area contributed by atoms with Gasteiger partial charge in [-0.3, -0.25) is 0 Å². The van der Waals surface area contributed by atoms with Crippen LogP contribution in [0.5, 0.6) is 0 Å². The van der Waals surface area contributed by atoms with Crippen molar-refractivity contribution in [2.24, 2.45) is 0 Å². The SMILES string of the molecule is CCCNC1COCC1c1nc(Cc2csc(C)n2)no1. The van der Waals surface area contributed by atoms with Gasteiger partial charge in [-0.1, -0.05) is 12.1 Å². The molecule has 0 amide bonds. The molecule has 7 heteroatoms. The largest absolute Gasteiger partial charge is 0.379 e. The van der Waals surface area contributed by atoms with Gasteiger partial charge in [-0.2, -0.15) is 4.98 Å². The summed E-state index contributed by atoms with van der Waals surface area (Å²) in [6.07, 6.45) is 1.72. The molecule has 1 N–H and O–H groups in total. The zero-order valence-electron chi connectivity index (χ0n) is 12.3. The van der Waals surface area contributed by atoms with Crippen LogP contribution in [0.25, 0.3) is 0 Å². The summed E-state index contributed by atoms with van der Waals surface area (Å²) in [5, 5.41) is 10.6. The van der Waals surface area contributed by atoms with Crippen LogP contribution in [0.3, 0.4) is 0 Å². The quantitative estimate of drug-likeness (QED) is 0.879. The number of ether oxygens (including phenoxy) is 1. The predicted octanol–water partition coefficient (Wildman–Crippen LogP) is 1.91. The maximum atomic E-state index is 5.55. The van der Waals surface area contributed by atoms with E-state index in [1.807, 2.05) is 12.3 Å². The second-order valence-electron chi connectivity index (χ2n) is 5.29. The van der Waals surface area contributed by atoms with Gasteiger partial charge >= 0.3 is 0 Å². The third-order valence-electron chi connectivity index (χ3n) is 3.54. The average molecular weight is 308 g/mol. The van der Waals surface area contributed by atoms with E-state index in [0.717, 1.165) is 23.7 Å². The Morgan fingerprint density at radius 1 is 1.38 bits per heavy atom. The molecular weight excluding hydrogens is 288 g/mol. The Morgan fingerprint density at radius 3 is 3.05 bits per heavy atom. The van der Waals surface area contributed by atoms with E-state index in [1.54, 1.807) is 11.3 Å². The Balaban J connectivity index is 1.66. The van der Waals surface area contributed by atoms with Gasteiger partial charge in [0.25, 0.3) is 0 Å². The molecule has 0 bridgehead atoms. The lowest BCUT2D eigenvalue weighted by Gasteiger charge is -2.14. The predicted molar refractivity (Wildman–Crippen MR) is 79.6 cm³/mol. The van der Waals surface area contributed by atoms with Crippen LogP contribution in [0.1, 0.15) is 41.7 Å². The van der Waals surface area contributed by atoms with E-state index >= 15 is 0 Å². The van der Waals surface area contributed by atoms with Crippen molar-refractivity contribution in [3.05, 3.63) is 27.8 Å². The number of hydrogen-bond acceptors (Lipinski definition) is 7. The van der Waals surface area contributed by atoms with Gasteiger partial charge in [0.15, 0.2) is 5.82 Å². The first kappa shape index (κ1) is 14.6. The summed E-state index contributed by atoms with van der Waals surface area (Å²) in [4.78, 5) is 8.95. The maximum absolute atomic E-state index is 5.55. The molecule has 0 saturated carbocycles. The van der Waals surface area contributed by atoms with Crippen molar-refractivity contribution in [3.63, 3.8) is 0 Å². The second kappa shape index (κ2) is 6.64. The van der Waals surface area contributed by atoms with Gasteiger partial charge in [-0.05, 0) is 19.9 Å². The molecule has 1 saturated heterocycles. The zero-order chi connectivity index (χ0) is 14.7. The lowest BCUT2D eigenvalue weighted by Crippen LogP contribution is -2.35. The highest BCUT2D eigenvalue weighted by Gasteiger charge is 2.33. The molecule has 1 aliphatic heterocycles. The fourth-order valence-electron chi connectivity index (χ4n) is 2.47. The summed E-state index contributed by atoms with van der Waals surface area (Å²) < 4.78 is 11.0. The molecule has 2 atom stereocenters. The Hall–Kier alpha value is -1.31. The van der Waals surface area contributed by atoms with Crippen LogP contribution in [-0.2, 0) is 11.2 Å². The molecule has 3 heterocycles. The first-order valence-electron chi connectivity index (χ1n) is 7.31. The van der Waals surface area contributed by atoms with Crippen molar-refractivity contribution in [1.82, 2.24) is 20.4 Å². The Labute approximate surface area is 127 Å². The molecule has 2 aromatic rings. The molecule has 2 unspecified atom stereocenters. The van der Waals surface area contributed by atoms with Gasteiger partial charge in [0, 0.05) is 11.4 Å². The van der Waals surface area contributed by atoms with Crippen molar-refractivity contribution >= 4 is 11.3 Å². The van der Waals surface area contributed by atoms with E-state index in [0.29, 0.717) is 31.3 Å². The Bertz CT molecular complexity index is 583. The minimum Gasteiger partial charge on any atom is -0.379 e. The highest BCUT2D eigenvalue weighted by atomic mass is 32.1. The zero-order valence-corrected chi connectivity index (χ0v) is 13.2. The first-order valence-corrected chi connectivity index (χ1v) is 8.19. The summed E-state index contributed by atoms with van der Waals surface area (Å²) in [6.45, 7) is 6.46. The molecule has 2 aromatic heterocycles. The van der Waals surface area contributed by atoms with Gasteiger partial charge in [0.05, 0.1) is 36.3 Å². The fourth-order valence-corrected chi connectivity index (χ4v) is 3.08. The molecular formula is C14H20N4O2S. The van der Waals surface area contributed by atoms with Gasteiger partial charge in [-0.25, -0.2) is 4.98 Å². The monoisotopic (exact) mass is 308 g/mol. The van der Waals surface area contributed by atoms with Crippen LogP contribution in [0, 0.1) is 6.92 Å². The number of thiazole rings is 1. The third kappa shape index (κ3) is 3.48. The smallest absolute Gasteiger partial charge is 0.233 e. The summed E-state index contributed by atoms with van der Waals surface area (Å²) in [6, 6.07) is 0.264. The molecule has 0 radical (unpaired) electrons. The molecule has 6 nitrogen and oxygen atoms in total. The van der Waals surface area contributed by atoms with Crippen molar-refractivity contribution in [3.8, 4) is 0 Å². The Morgan fingerprint density at radius 2 is 2.29 bits per heavy atom. The van der Waals surface area contributed by atoms with Crippen LogP contribution in [0.2, 0.25) is 0 Å². The lowest BCUT2D eigenvalue weighted by molar-refractivity contribution is 0.184. The second-order valence-corrected chi connectivity index (χ2v) is 6.35. The standard InChI is InChI=1S/C14H20N4O2S/c1-3-4-15-12-7-19-6-11(12)14-17-13(18-20-14)5-10-8-21-9(2)16-10/h8,11-12,15H,3-7H2,1-2H3. The number of rotatable bonds is 6. The van der Waals surface area contributed by atoms with E-state index in [1.165, 1.54) is 0 Å². The highest BCUT2D eigenvalue weighted by Crippen LogP contribution is 2.25. The molecule has 0 aliphatic carbocycles. The van der Waals surface area contributed by atoms with E-state index in [4.69, 9.17) is 9.26 Å². The van der Waals surface area contributed by atoms with Crippen LogP contribution in [-0.4, -0.2) is 40.9 Å². The molecule has 1 aliphatic rings. The third-order valence-corrected chi connectivity index (χ3v) is 4.37.